The highest BCUT2D eigenvalue weighted by Gasteiger charge is 2.36. The Balaban J connectivity index is 2.59. The van der Waals surface area contributed by atoms with Gasteiger partial charge in [-0.05, 0) is 31.7 Å². The Morgan fingerprint density at radius 1 is 1.55 bits per heavy atom. The molecular formula is C7H15NO2S. The molecule has 3 nitrogen and oxygen atoms in total. The minimum Gasteiger partial charge on any atom is -0.330 e. The molecule has 0 saturated heterocycles. The van der Waals surface area contributed by atoms with Crippen LogP contribution in [0.2, 0.25) is 0 Å². The van der Waals surface area contributed by atoms with Gasteiger partial charge in [0, 0.05) is 6.26 Å². The quantitative estimate of drug-likeness (QED) is 0.665. The lowest BCUT2D eigenvalue weighted by Crippen LogP contribution is -2.25. The molecule has 11 heavy (non-hydrogen) atoms. The highest BCUT2D eigenvalue weighted by molar-refractivity contribution is 7.91. The summed E-state index contributed by atoms with van der Waals surface area (Å²) in [6.07, 6.45) is 4.07. The van der Waals surface area contributed by atoms with Gasteiger partial charge >= 0.3 is 0 Å². The van der Waals surface area contributed by atoms with Crippen LogP contribution < -0.4 is 5.73 Å². The fourth-order valence-electron chi connectivity index (χ4n) is 1.43. The zero-order valence-electron chi connectivity index (χ0n) is 6.79. The molecule has 0 bridgehead atoms. The first-order valence-electron chi connectivity index (χ1n) is 3.94. The molecule has 1 aliphatic rings. The maximum atomic E-state index is 11.1. The Bertz CT molecular complexity index is 219. The lowest BCUT2D eigenvalue weighted by Gasteiger charge is -2.11. The van der Waals surface area contributed by atoms with Crippen molar-refractivity contribution in [2.75, 3.05) is 12.8 Å². The summed E-state index contributed by atoms with van der Waals surface area (Å²) >= 11 is 0. The van der Waals surface area contributed by atoms with Crippen molar-refractivity contribution in [1.29, 1.82) is 0 Å². The van der Waals surface area contributed by atoms with Gasteiger partial charge in [0.1, 0.15) is 0 Å². The van der Waals surface area contributed by atoms with E-state index in [1.54, 1.807) is 0 Å². The third kappa shape index (κ3) is 2.45. The van der Waals surface area contributed by atoms with Crippen molar-refractivity contribution in [2.24, 2.45) is 11.7 Å². The average Bonchev–Trinajstić information content (AvgIpc) is 2.61. The highest BCUT2D eigenvalue weighted by Crippen LogP contribution is 2.37. The molecule has 0 heterocycles. The SMILES string of the molecule is CS(=O)(=O)C(CCN)C1CC1. The van der Waals surface area contributed by atoms with E-state index in [2.05, 4.69) is 0 Å². The van der Waals surface area contributed by atoms with Gasteiger partial charge in [0.25, 0.3) is 0 Å². The predicted octanol–water partition coefficient (Wildman–Crippen LogP) is 0.158. The molecule has 0 aromatic heterocycles. The zero-order valence-corrected chi connectivity index (χ0v) is 7.60. The molecule has 1 fully saturated rings. The summed E-state index contributed by atoms with van der Waals surface area (Å²) in [5.41, 5.74) is 5.33. The lowest BCUT2D eigenvalue weighted by atomic mass is 10.2. The van der Waals surface area contributed by atoms with Crippen molar-refractivity contribution < 1.29 is 8.42 Å². The Kier molecular flexibility index (Phi) is 2.54. The Morgan fingerprint density at radius 2 is 2.09 bits per heavy atom. The minimum absolute atomic E-state index is 0.160. The van der Waals surface area contributed by atoms with Crippen LogP contribution in [-0.4, -0.2) is 26.5 Å². The topological polar surface area (TPSA) is 60.2 Å². The van der Waals surface area contributed by atoms with Crippen molar-refractivity contribution >= 4 is 9.84 Å². The number of nitrogens with two attached hydrogens (primary N) is 1. The van der Waals surface area contributed by atoms with Gasteiger partial charge < -0.3 is 5.73 Å². The van der Waals surface area contributed by atoms with E-state index in [1.165, 1.54) is 6.26 Å². The summed E-state index contributed by atoms with van der Waals surface area (Å²) in [5.74, 6) is 0.411. The summed E-state index contributed by atoms with van der Waals surface area (Å²) < 4.78 is 22.3. The first kappa shape index (κ1) is 9.00. The molecule has 0 spiro atoms. The monoisotopic (exact) mass is 177 g/mol. The Morgan fingerprint density at radius 3 is 2.36 bits per heavy atom. The van der Waals surface area contributed by atoms with E-state index in [9.17, 15) is 8.42 Å². The van der Waals surface area contributed by atoms with E-state index in [4.69, 9.17) is 5.73 Å². The first-order valence-corrected chi connectivity index (χ1v) is 5.90. The van der Waals surface area contributed by atoms with Crippen molar-refractivity contribution in [3.63, 3.8) is 0 Å². The van der Waals surface area contributed by atoms with E-state index in [0.717, 1.165) is 12.8 Å². The molecule has 0 aromatic rings. The molecule has 1 saturated carbocycles. The zero-order chi connectivity index (χ0) is 8.48. The molecule has 2 N–H and O–H groups in total. The molecule has 1 rings (SSSR count). The third-order valence-electron chi connectivity index (χ3n) is 2.15. The molecular weight excluding hydrogens is 162 g/mol. The van der Waals surface area contributed by atoms with Crippen molar-refractivity contribution in [1.82, 2.24) is 0 Å². The van der Waals surface area contributed by atoms with Gasteiger partial charge in [-0.15, -0.1) is 0 Å². The van der Waals surface area contributed by atoms with E-state index >= 15 is 0 Å². The fraction of sp³-hybridized carbons (Fsp3) is 1.00. The maximum absolute atomic E-state index is 11.1. The van der Waals surface area contributed by atoms with Gasteiger partial charge in [-0.2, -0.15) is 0 Å². The second-order valence-electron chi connectivity index (χ2n) is 3.28. The standard InChI is InChI=1S/C7H15NO2S/c1-11(9,10)7(4-5-8)6-2-3-6/h6-7H,2-5,8H2,1H3. The van der Waals surface area contributed by atoms with Gasteiger partial charge in [0.2, 0.25) is 0 Å². The van der Waals surface area contributed by atoms with Crippen molar-refractivity contribution in [3.8, 4) is 0 Å². The van der Waals surface area contributed by atoms with Crippen LogP contribution in [-0.2, 0) is 9.84 Å². The van der Waals surface area contributed by atoms with Gasteiger partial charge in [-0.25, -0.2) is 8.42 Å². The van der Waals surface area contributed by atoms with Crippen molar-refractivity contribution in [3.05, 3.63) is 0 Å². The molecule has 4 heteroatoms. The van der Waals surface area contributed by atoms with Gasteiger partial charge in [-0.1, -0.05) is 0 Å². The van der Waals surface area contributed by atoms with E-state index < -0.39 is 9.84 Å². The second kappa shape index (κ2) is 3.11. The average molecular weight is 177 g/mol. The fourth-order valence-corrected chi connectivity index (χ4v) is 2.97. The number of hydrogen-bond acceptors (Lipinski definition) is 3. The molecule has 1 aliphatic carbocycles. The van der Waals surface area contributed by atoms with Crippen LogP contribution in [0.3, 0.4) is 0 Å². The summed E-state index contributed by atoms with van der Waals surface area (Å²) in [6.45, 7) is 0.480. The summed E-state index contributed by atoms with van der Waals surface area (Å²) in [5, 5.41) is -0.160. The molecule has 66 valence electrons. The lowest BCUT2D eigenvalue weighted by molar-refractivity contribution is 0.562. The highest BCUT2D eigenvalue weighted by atomic mass is 32.2. The van der Waals surface area contributed by atoms with Crippen LogP contribution >= 0.6 is 0 Å². The predicted molar refractivity (Wildman–Crippen MR) is 45.0 cm³/mol. The second-order valence-corrected chi connectivity index (χ2v) is 5.55. The van der Waals surface area contributed by atoms with Crippen LogP contribution in [0.25, 0.3) is 0 Å². The normalized spacial score (nSPS) is 21.6. The van der Waals surface area contributed by atoms with Crippen LogP contribution in [0.4, 0.5) is 0 Å². The van der Waals surface area contributed by atoms with E-state index in [-0.39, 0.29) is 5.25 Å². The largest absolute Gasteiger partial charge is 0.330 e. The van der Waals surface area contributed by atoms with Gasteiger partial charge in [0.05, 0.1) is 5.25 Å². The smallest absolute Gasteiger partial charge is 0.150 e. The minimum atomic E-state index is -2.84. The van der Waals surface area contributed by atoms with Crippen molar-refractivity contribution in [2.45, 2.75) is 24.5 Å². The van der Waals surface area contributed by atoms with Gasteiger partial charge in [0.15, 0.2) is 9.84 Å². The van der Waals surface area contributed by atoms with Crippen LogP contribution in [0.1, 0.15) is 19.3 Å². The molecule has 0 radical (unpaired) electrons. The molecule has 0 aromatic carbocycles. The summed E-state index contributed by atoms with van der Waals surface area (Å²) in [4.78, 5) is 0. The first-order chi connectivity index (χ1) is 5.05. The number of sulfone groups is 1. The van der Waals surface area contributed by atoms with Gasteiger partial charge in [-0.3, -0.25) is 0 Å². The Hall–Kier alpha value is -0.0900. The summed E-state index contributed by atoms with van der Waals surface area (Å²) in [7, 11) is -2.84. The third-order valence-corrected chi connectivity index (χ3v) is 3.87. The molecule has 1 unspecified atom stereocenters. The Labute approximate surface area is 67.9 Å². The number of rotatable bonds is 4. The van der Waals surface area contributed by atoms with Crippen LogP contribution in [0.15, 0.2) is 0 Å². The summed E-state index contributed by atoms with van der Waals surface area (Å²) in [6, 6.07) is 0. The number of hydrogen-bond donors (Lipinski definition) is 1. The molecule has 0 aliphatic heterocycles. The van der Waals surface area contributed by atoms with E-state index in [1.807, 2.05) is 0 Å². The van der Waals surface area contributed by atoms with Crippen LogP contribution in [0, 0.1) is 5.92 Å². The maximum Gasteiger partial charge on any atom is 0.150 e. The molecule has 0 amide bonds. The van der Waals surface area contributed by atoms with E-state index in [0.29, 0.717) is 18.9 Å². The molecule has 1 atom stereocenters. The van der Waals surface area contributed by atoms with Crippen LogP contribution in [0.5, 0.6) is 0 Å².